The molecule has 1 heterocycles. The number of ether oxygens (including phenoxy) is 2. The molecule has 4 heteroatoms. The van der Waals surface area contributed by atoms with Gasteiger partial charge >= 0.3 is 5.97 Å². The minimum atomic E-state index is -0.0803. The predicted octanol–water partition coefficient (Wildman–Crippen LogP) is 1.15. The lowest BCUT2D eigenvalue weighted by Gasteiger charge is -2.26. The van der Waals surface area contributed by atoms with Crippen molar-refractivity contribution in [1.29, 1.82) is 0 Å². The van der Waals surface area contributed by atoms with Gasteiger partial charge in [-0.2, -0.15) is 0 Å². The monoisotopic (exact) mass is 229 g/mol. The smallest absolute Gasteiger partial charge is 0.308 e. The molecule has 1 atom stereocenters. The highest BCUT2D eigenvalue weighted by atomic mass is 16.5. The van der Waals surface area contributed by atoms with Crippen LogP contribution in [-0.2, 0) is 14.3 Å². The second-order valence-electron chi connectivity index (χ2n) is 4.65. The van der Waals surface area contributed by atoms with Crippen molar-refractivity contribution in [2.45, 2.75) is 20.8 Å². The number of hydrogen-bond acceptors (Lipinski definition) is 4. The summed E-state index contributed by atoms with van der Waals surface area (Å²) in [5.74, 6) is 0.254. The summed E-state index contributed by atoms with van der Waals surface area (Å²) < 4.78 is 10.5. The van der Waals surface area contributed by atoms with Gasteiger partial charge in [0.1, 0.15) is 6.61 Å². The fourth-order valence-electron chi connectivity index (χ4n) is 1.50. The van der Waals surface area contributed by atoms with Crippen LogP contribution in [0.1, 0.15) is 20.8 Å². The Kier molecular flexibility index (Phi) is 5.77. The van der Waals surface area contributed by atoms with E-state index in [1.807, 2.05) is 20.8 Å². The van der Waals surface area contributed by atoms with Gasteiger partial charge in [0.2, 0.25) is 0 Å². The van der Waals surface area contributed by atoms with Crippen LogP contribution in [-0.4, -0.2) is 50.3 Å². The van der Waals surface area contributed by atoms with Gasteiger partial charge in [0.15, 0.2) is 0 Å². The second-order valence-corrected chi connectivity index (χ2v) is 4.65. The van der Waals surface area contributed by atoms with Gasteiger partial charge in [-0.05, 0) is 5.92 Å². The molecule has 16 heavy (non-hydrogen) atoms. The first-order valence-electron chi connectivity index (χ1n) is 6.08. The molecule has 0 spiro atoms. The standard InChI is InChI=1S/C12H23NO3/c1-10(2)11(3)12(14)16-9-6-13-4-7-15-8-5-13/h10-11H,4-9H2,1-3H3. The van der Waals surface area contributed by atoms with E-state index >= 15 is 0 Å². The third kappa shape index (κ3) is 4.49. The van der Waals surface area contributed by atoms with Crippen molar-refractivity contribution < 1.29 is 14.3 Å². The largest absolute Gasteiger partial charge is 0.464 e. The van der Waals surface area contributed by atoms with Crippen molar-refractivity contribution in [3.8, 4) is 0 Å². The summed E-state index contributed by atoms with van der Waals surface area (Å²) in [5, 5.41) is 0. The number of rotatable bonds is 5. The Morgan fingerprint density at radius 1 is 1.31 bits per heavy atom. The van der Waals surface area contributed by atoms with E-state index in [2.05, 4.69) is 4.90 Å². The van der Waals surface area contributed by atoms with Gasteiger partial charge in [-0.15, -0.1) is 0 Å². The highest BCUT2D eigenvalue weighted by Gasteiger charge is 2.18. The van der Waals surface area contributed by atoms with Gasteiger partial charge in [0, 0.05) is 19.6 Å². The quantitative estimate of drug-likeness (QED) is 0.663. The molecule has 0 aromatic rings. The molecular formula is C12H23NO3. The number of morpholine rings is 1. The van der Waals surface area contributed by atoms with E-state index in [1.54, 1.807) is 0 Å². The van der Waals surface area contributed by atoms with E-state index in [0.717, 1.165) is 32.8 Å². The maximum atomic E-state index is 11.6. The third-order valence-electron chi connectivity index (χ3n) is 3.13. The van der Waals surface area contributed by atoms with Gasteiger partial charge < -0.3 is 9.47 Å². The van der Waals surface area contributed by atoms with Crippen LogP contribution in [0.5, 0.6) is 0 Å². The number of carbonyl (C=O) groups is 1. The predicted molar refractivity (Wildman–Crippen MR) is 62.2 cm³/mol. The van der Waals surface area contributed by atoms with Crippen LogP contribution >= 0.6 is 0 Å². The second kappa shape index (κ2) is 6.86. The Morgan fingerprint density at radius 2 is 1.94 bits per heavy atom. The SMILES string of the molecule is CC(C)C(C)C(=O)OCCN1CCOCC1. The van der Waals surface area contributed by atoms with E-state index in [0.29, 0.717) is 12.5 Å². The van der Waals surface area contributed by atoms with Gasteiger partial charge in [-0.3, -0.25) is 9.69 Å². The van der Waals surface area contributed by atoms with Crippen molar-refractivity contribution in [3.05, 3.63) is 0 Å². The summed E-state index contributed by atoms with van der Waals surface area (Å²) in [4.78, 5) is 13.8. The highest BCUT2D eigenvalue weighted by Crippen LogP contribution is 2.11. The van der Waals surface area contributed by atoms with Crippen LogP contribution in [0, 0.1) is 11.8 Å². The number of carbonyl (C=O) groups excluding carboxylic acids is 1. The van der Waals surface area contributed by atoms with E-state index < -0.39 is 0 Å². The van der Waals surface area contributed by atoms with Crippen molar-refractivity contribution in [3.63, 3.8) is 0 Å². The summed E-state index contributed by atoms with van der Waals surface area (Å²) >= 11 is 0. The normalized spacial score (nSPS) is 19.8. The molecule has 1 aliphatic rings. The molecule has 0 aliphatic carbocycles. The van der Waals surface area contributed by atoms with E-state index in [4.69, 9.17) is 9.47 Å². The lowest BCUT2D eigenvalue weighted by atomic mass is 9.99. The number of nitrogens with zero attached hydrogens (tertiary/aromatic N) is 1. The first-order chi connectivity index (χ1) is 7.61. The van der Waals surface area contributed by atoms with Gasteiger partial charge in [0.05, 0.1) is 19.1 Å². The molecule has 0 amide bonds. The molecule has 1 rings (SSSR count). The lowest BCUT2D eigenvalue weighted by Crippen LogP contribution is -2.38. The molecule has 4 nitrogen and oxygen atoms in total. The fraction of sp³-hybridized carbons (Fsp3) is 0.917. The Labute approximate surface area is 97.9 Å². The highest BCUT2D eigenvalue weighted by molar-refractivity contribution is 5.72. The van der Waals surface area contributed by atoms with Crippen LogP contribution < -0.4 is 0 Å². The molecule has 0 saturated carbocycles. The first-order valence-corrected chi connectivity index (χ1v) is 6.08. The summed E-state index contributed by atoms with van der Waals surface area (Å²) in [7, 11) is 0. The Bertz CT molecular complexity index is 212. The van der Waals surface area contributed by atoms with Crippen LogP contribution in [0.2, 0.25) is 0 Å². The summed E-state index contributed by atoms with van der Waals surface area (Å²) in [6.07, 6.45) is 0. The van der Waals surface area contributed by atoms with Crippen molar-refractivity contribution in [1.82, 2.24) is 4.90 Å². The fourth-order valence-corrected chi connectivity index (χ4v) is 1.50. The summed E-state index contributed by atoms with van der Waals surface area (Å²) in [6.45, 7) is 10.8. The molecular weight excluding hydrogens is 206 g/mol. The van der Waals surface area contributed by atoms with Crippen LogP contribution in [0.4, 0.5) is 0 Å². The average Bonchev–Trinajstić information content (AvgIpc) is 2.29. The van der Waals surface area contributed by atoms with E-state index in [1.165, 1.54) is 0 Å². The van der Waals surface area contributed by atoms with Crippen LogP contribution in [0.25, 0.3) is 0 Å². The van der Waals surface area contributed by atoms with Crippen molar-refractivity contribution in [2.75, 3.05) is 39.5 Å². The Hall–Kier alpha value is -0.610. The zero-order valence-electron chi connectivity index (χ0n) is 10.6. The average molecular weight is 229 g/mol. The lowest BCUT2D eigenvalue weighted by molar-refractivity contribution is -0.150. The zero-order chi connectivity index (χ0) is 12.0. The molecule has 0 radical (unpaired) electrons. The zero-order valence-corrected chi connectivity index (χ0v) is 10.6. The third-order valence-corrected chi connectivity index (χ3v) is 3.13. The minimum absolute atomic E-state index is 0.00955. The molecule has 1 unspecified atom stereocenters. The molecule has 0 bridgehead atoms. The van der Waals surface area contributed by atoms with Crippen molar-refractivity contribution >= 4 is 5.97 Å². The topological polar surface area (TPSA) is 38.8 Å². The number of hydrogen-bond donors (Lipinski definition) is 0. The van der Waals surface area contributed by atoms with Crippen LogP contribution in [0.15, 0.2) is 0 Å². The maximum absolute atomic E-state index is 11.6. The molecule has 1 saturated heterocycles. The van der Waals surface area contributed by atoms with Gasteiger partial charge in [-0.1, -0.05) is 20.8 Å². The molecule has 1 aliphatic heterocycles. The first kappa shape index (κ1) is 13.5. The Morgan fingerprint density at radius 3 is 2.50 bits per heavy atom. The van der Waals surface area contributed by atoms with E-state index in [9.17, 15) is 4.79 Å². The van der Waals surface area contributed by atoms with Gasteiger partial charge in [-0.25, -0.2) is 0 Å². The van der Waals surface area contributed by atoms with E-state index in [-0.39, 0.29) is 11.9 Å². The number of esters is 1. The van der Waals surface area contributed by atoms with Gasteiger partial charge in [0.25, 0.3) is 0 Å². The molecule has 94 valence electrons. The maximum Gasteiger partial charge on any atom is 0.308 e. The van der Waals surface area contributed by atoms with Crippen molar-refractivity contribution in [2.24, 2.45) is 11.8 Å². The molecule has 0 aromatic heterocycles. The Balaban J connectivity index is 2.12. The molecule has 1 fully saturated rings. The van der Waals surface area contributed by atoms with Crippen LogP contribution in [0.3, 0.4) is 0 Å². The summed E-state index contributed by atoms with van der Waals surface area (Å²) in [6, 6.07) is 0. The minimum Gasteiger partial charge on any atom is -0.464 e. The molecule has 0 aromatic carbocycles. The molecule has 0 N–H and O–H groups in total. The summed E-state index contributed by atoms with van der Waals surface area (Å²) in [5.41, 5.74) is 0.